The van der Waals surface area contributed by atoms with E-state index in [0.717, 1.165) is 12.1 Å². The van der Waals surface area contributed by atoms with Gasteiger partial charge in [-0.1, -0.05) is 18.2 Å². The summed E-state index contributed by atoms with van der Waals surface area (Å²) in [7, 11) is 0. The highest BCUT2D eigenvalue weighted by molar-refractivity contribution is 5.84. The number of halogens is 4. The number of H-pyrrole nitrogens is 1. The molecule has 1 heterocycles. The van der Waals surface area contributed by atoms with Crippen molar-refractivity contribution in [3.8, 4) is 16.9 Å². The molecule has 0 spiro atoms. The van der Waals surface area contributed by atoms with Crippen LogP contribution in [0.4, 0.5) is 17.6 Å². The first-order valence-electron chi connectivity index (χ1n) is 6.51. The average Bonchev–Trinajstić information content (AvgIpc) is 2.87. The largest absolute Gasteiger partial charge is 0.573 e. The van der Waals surface area contributed by atoms with Gasteiger partial charge < -0.3 is 14.8 Å². The van der Waals surface area contributed by atoms with Crippen molar-refractivity contribution >= 4 is 11.0 Å². The summed E-state index contributed by atoms with van der Waals surface area (Å²) in [6, 6.07) is 7.69. The van der Waals surface area contributed by atoms with E-state index in [2.05, 4.69) is 14.7 Å². The highest BCUT2D eigenvalue weighted by atomic mass is 19.4. The number of rotatable bonds is 3. The van der Waals surface area contributed by atoms with Gasteiger partial charge in [-0.25, -0.2) is 9.37 Å². The molecule has 0 aliphatic carbocycles. The molecule has 8 heteroatoms. The second-order valence-electron chi connectivity index (χ2n) is 4.73. The standard InChI is InChI=1S/C15H10F4N2O2/c16-10-6-12-11(20-14(7-22)21-12)5-9(10)8-3-1-2-4-13(8)23-15(17,18)19/h1-6,22H,7H2,(H,20,21). The van der Waals surface area contributed by atoms with Gasteiger partial charge in [-0.05, 0) is 12.1 Å². The van der Waals surface area contributed by atoms with E-state index in [-0.39, 0.29) is 23.6 Å². The maximum absolute atomic E-state index is 14.3. The van der Waals surface area contributed by atoms with E-state index in [1.54, 1.807) is 0 Å². The quantitative estimate of drug-likeness (QED) is 0.721. The fourth-order valence-corrected chi connectivity index (χ4v) is 2.27. The summed E-state index contributed by atoms with van der Waals surface area (Å²) in [5, 5.41) is 9.03. The number of alkyl halides is 3. The van der Waals surface area contributed by atoms with Gasteiger partial charge in [-0.3, -0.25) is 0 Å². The molecule has 0 saturated heterocycles. The van der Waals surface area contributed by atoms with Crippen LogP contribution in [0.2, 0.25) is 0 Å². The minimum Gasteiger partial charge on any atom is -0.405 e. The molecule has 3 rings (SSSR count). The van der Waals surface area contributed by atoms with Gasteiger partial charge in [0, 0.05) is 17.2 Å². The van der Waals surface area contributed by atoms with E-state index in [9.17, 15) is 17.6 Å². The number of aromatic amines is 1. The van der Waals surface area contributed by atoms with Gasteiger partial charge in [-0.2, -0.15) is 0 Å². The van der Waals surface area contributed by atoms with Gasteiger partial charge >= 0.3 is 6.36 Å². The molecular weight excluding hydrogens is 316 g/mol. The van der Waals surface area contributed by atoms with Crippen molar-refractivity contribution in [2.75, 3.05) is 0 Å². The number of hydrogen-bond acceptors (Lipinski definition) is 3. The molecule has 0 amide bonds. The Balaban J connectivity index is 2.14. The SMILES string of the molecule is OCc1nc2cc(-c3ccccc3OC(F)(F)F)c(F)cc2[nH]1. The third-order valence-electron chi connectivity index (χ3n) is 3.17. The maximum atomic E-state index is 14.3. The smallest absolute Gasteiger partial charge is 0.405 e. The summed E-state index contributed by atoms with van der Waals surface area (Å²) >= 11 is 0. The predicted molar refractivity (Wildman–Crippen MR) is 74.1 cm³/mol. The van der Waals surface area contributed by atoms with Gasteiger partial charge in [0.05, 0.1) is 11.0 Å². The Hall–Kier alpha value is -2.61. The molecule has 1 aromatic heterocycles. The number of para-hydroxylation sites is 1. The number of hydrogen-bond donors (Lipinski definition) is 2. The lowest BCUT2D eigenvalue weighted by Gasteiger charge is -2.13. The normalized spacial score (nSPS) is 11.9. The van der Waals surface area contributed by atoms with Crippen LogP contribution in [0.25, 0.3) is 22.2 Å². The zero-order valence-corrected chi connectivity index (χ0v) is 11.5. The van der Waals surface area contributed by atoms with Gasteiger partial charge in [-0.15, -0.1) is 13.2 Å². The number of ether oxygens (including phenoxy) is 1. The maximum Gasteiger partial charge on any atom is 0.573 e. The molecule has 23 heavy (non-hydrogen) atoms. The molecule has 2 aromatic carbocycles. The Labute approximate surface area is 127 Å². The number of imidazole rings is 1. The van der Waals surface area contributed by atoms with Crippen LogP contribution in [0.1, 0.15) is 5.82 Å². The Kier molecular flexibility index (Phi) is 3.69. The van der Waals surface area contributed by atoms with Gasteiger partial charge in [0.2, 0.25) is 0 Å². The summed E-state index contributed by atoms with van der Waals surface area (Å²) in [6.07, 6.45) is -4.88. The zero-order chi connectivity index (χ0) is 16.6. The van der Waals surface area contributed by atoms with E-state index in [4.69, 9.17) is 5.11 Å². The summed E-state index contributed by atoms with van der Waals surface area (Å²) in [5.74, 6) is -1.00. The second kappa shape index (κ2) is 5.54. The molecule has 0 atom stereocenters. The Morgan fingerprint density at radius 2 is 1.87 bits per heavy atom. The zero-order valence-electron chi connectivity index (χ0n) is 11.5. The van der Waals surface area contributed by atoms with Crippen LogP contribution in [0.5, 0.6) is 5.75 Å². The van der Waals surface area contributed by atoms with Crippen LogP contribution in [0, 0.1) is 5.82 Å². The highest BCUT2D eigenvalue weighted by Crippen LogP contribution is 2.36. The first-order chi connectivity index (χ1) is 10.9. The molecule has 0 saturated carbocycles. The number of aliphatic hydroxyl groups is 1. The number of aromatic nitrogens is 2. The first kappa shape index (κ1) is 15.3. The lowest BCUT2D eigenvalue weighted by molar-refractivity contribution is -0.274. The minimum atomic E-state index is -4.88. The molecule has 3 aromatic rings. The second-order valence-corrected chi connectivity index (χ2v) is 4.73. The monoisotopic (exact) mass is 326 g/mol. The summed E-state index contributed by atoms with van der Waals surface area (Å²) in [5.41, 5.74) is 0.544. The fourth-order valence-electron chi connectivity index (χ4n) is 2.27. The first-order valence-corrected chi connectivity index (χ1v) is 6.51. The lowest BCUT2D eigenvalue weighted by Crippen LogP contribution is -2.17. The van der Waals surface area contributed by atoms with E-state index >= 15 is 0 Å². The number of nitrogens with one attached hydrogen (secondary N) is 1. The molecule has 0 aliphatic rings. The van der Waals surface area contributed by atoms with Crippen LogP contribution in [0.3, 0.4) is 0 Å². The lowest BCUT2D eigenvalue weighted by atomic mass is 10.0. The summed E-state index contributed by atoms with van der Waals surface area (Å²) < 4.78 is 55.7. The van der Waals surface area contributed by atoms with Crippen molar-refractivity contribution in [3.63, 3.8) is 0 Å². The number of nitrogens with zero attached hydrogens (tertiary/aromatic N) is 1. The summed E-state index contributed by atoms with van der Waals surface area (Å²) in [4.78, 5) is 6.73. The van der Waals surface area contributed by atoms with E-state index in [0.29, 0.717) is 11.0 Å². The van der Waals surface area contributed by atoms with Crippen LogP contribution in [0.15, 0.2) is 36.4 Å². The van der Waals surface area contributed by atoms with E-state index in [1.807, 2.05) is 0 Å². The third kappa shape index (κ3) is 3.11. The number of aliphatic hydroxyl groups excluding tert-OH is 1. The predicted octanol–water partition coefficient (Wildman–Crippen LogP) is 3.76. The van der Waals surface area contributed by atoms with Gasteiger partial charge in [0.25, 0.3) is 0 Å². The Bertz CT molecular complexity index is 858. The van der Waals surface area contributed by atoms with E-state index < -0.39 is 17.9 Å². The Morgan fingerprint density at radius 1 is 1.13 bits per heavy atom. The van der Waals surface area contributed by atoms with Crippen molar-refractivity contribution in [3.05, 3.63) is 48.0 Å². The number of benzene rings is 2. The van der Waals surface area contributed by atoms with Crippen molar-refractivity contribution in [1.82, 2.24) is 9.97 Å². The molecule has 2 N–H and O–H groups in total. The molecule has 0 aliphatic heterocycles. The van der Waals surface area contributed by atoms with Crippen LogP contribution >= 0.6 is 0 Å². The van der Waals surface area contributed by atoms with Crippen molar-refractivity contribution in [2.24, 2.45) is 0 Å². The van der Waals surface area contributed by atoms with Crippen molar-refractivity contribution in [2.45, 2.75) is 13.0 Å². The topological polar surface area (TPSA) is 58.1 Å². The molecule has 120 valence electrons. The third-order valence-corrected chi connectivity index (χ3v) is 3.17. The van der Waals surface area contributed by atoms with Crippen molar-refractivity contribution < 1.29 is 27.4 Å². The highest BCUT2D eigenvalue weighted by Gasteiger charge is 2.32. The average molecular weight is 326 g/mol. The Morgan fingerprint density at radius 3 is 2.57 bits per heavy atom. The van der Waals surface area contributed by atoms with Gasteiger partial charge in [0.1, 0.15) is 24.0 Å². The van der Waals surface area contributed by atoms with Crippen LogP contribution in [-0.4, -0.2) is 21.4 Å². The van der Waals surface area contributed by atoms with Crippen molar-refractivity contribution in [1.29, 1.82) is 0 Å². The molecule has 0 fully saturated rings. The van der Waals surface area contributed by atoms with E-state index in [1.165, 1.54) is 24.3 Å². The minimum absolute atomic E-state index is 0.0437. The fraction of sp³-hybridized carbons (Fsp3) is 0.133. The molecule has 4 nitrogen and oxygen atoms in total. The van der Waals surface area contributed by atoms with Gasteiger partial charge in [0.15, 0.2) is 0 Å². The number of fused-ring (bicyclic) bond motifs is 1. The molecular formula is C15H10F4N2O2. The molecule has 0 unspecified atom stereocenters. The summed E-state index contributed by atoms with van der Waals surface area (Å²) in [6.45, 7) is -0.362. The van der Waals surface area contributed by atoms with Crippen LogP contribution < -0.4 is 4.74 Å². The van der Waals surface area contributed by atoms with Crippen LogP contribution in [-0.2, 0) is 6.61 Å². The molecule has 0 bridgehead atoms. The molecule has 0 radical (unpaired) electrons.